The third kappa shape index (κ3) is 4.10. The molecule has 20 heavy (non-hydrogen) atoms. The van der Waals surface area contributed by atoms with Crippen molar-refractivity contribution in [3.8, 4) is 0 Å². The van der Waals surface area contributed by atoms with Crippen molar-refractivity contribution in [2.45, 2.75) is 25.9 Å². The third-order valence-electron chi connectivity index (χ3n) is 3.09. The lowest BCUT2D eigenvalue weighted by Crippen LogP contribution is -2.28. The first kappa shape index (κ1) is 14.6. The number of halogens is 3. The van der Waals surface area contributed by atoms with E-state index < -0.39 is 11.6 Å². The molecule has 1 N–H and O–H groups in total. The van der Waals surface area contributed by atoms with E-state index >= 15 is 0 Å². The van der Waals surface area contributed by atoms with Crippen LogP contribution in [0.2, 0.25) is 0 Å². The van der Waals surface area contributed by atoms with E-state index in [-0.39, 0.29) is 11.9 Å². The van der Waals surface area contributed by atoms with Crippen LogP contribution in [0.3, 0.4) is 0 Å². The Balaban J connectivity index is 1.90. The summed E-state index contributed by atoms with van der Waals surface area (Å²) in [6.07, 6.45) is 0.639. The summed E-state index contributed by atoms with van der Waals surface area (Å²) in [6, 6.07) is 9.97. The van der Waals surface area contributed by atoms with Gasteiger partial charge in [-0.2, -0.15) is 0 Å². The average molecular weight is 279 g/mol. The zero-order valence-corrected chi connectivity index (χ0v) is 11.2. The maximum absolute atomic E-state index is 13.5. The molecule has 2 aromatic rings. The van der Waals surface area contributed by atoms with Crippen molar-refractivity contribution in [2.24, 2.45) is 0 Å². The van der Waals surface area contributed by atoms with Crippen molar-refractivity contribution in [1.82, 2.24) is 5.32 Å². The van der Waals surface area contributed by atoms with E-state index in [0.29, 0.717) is 18.5 Å². The fraction of sp³-hybridized carbons (Fsp3) is 0.250. The highest BCUT2D eigenvalue weighted by atomic mass is 19.1. The molecule has 0 radical (unpaired) electrons. The highest BCUT2D eigenvalue weighted by molar-refractivity contribution is 5.19. The van der Waals surface area contributed by atoms with Crippen LogP contribution in [0.15, 0.2) is 42.5 Å². The number of hydrogen-bond acceptors (Lipinski definition) is 1. The van der Waals surface area contributed by atoms with Crippen molar-refractivity contribution in [3.05, 3.63) is 71.0 Å². The van der Waals surface area contributed by atoms with Gasteiger partial charge in [-0.05, 0) is 37.1 Å². The second-order valence-electron chi connectivity index (χ2n) is 4.85. The van der Waals surface area contributed by atoms with Gasteiger partial charge in [0.05, 0.1) is 0 Å². The van der Waals surface area contributed by atoms with E-state index in [4.69, 9.17) is 0 Å². The zero-order valence-electron chi connectivity index (χ0n) is 11.2. The lowest BCUT2D eigenvalue weighted by atomic mass is 10.1. The van der Waals surface area contributed by atoms with Crippen LogP contribution in [0.25, 0.3) is 0 Å². The topological polar surface area (TPSA) is 12.0 Å². The summed E-state index contributed by atoms with van der Waals surface area (Å²) >= 11 is 0. The summed E-state index contributed by atoms with van der Waals surface area (Å²) in [6.45, 7) is 2.24. The Kier molecular flexibility index (Phi) is 4.79. The minimum atomic E-state index is -0.584. The monoisotopic (exact) mass is 279 g/mol. The number of benzene rings is 2. The van der Waals surface area contributed by atoms with E-state index in [1.807, 2.05) is 13.0 Å². The summed E-state index contributed by atoms with van der Waals surface area (Å²) in [4.78, 5) is 0. The second kappa shape index (κ2) is 6.57. The highest BCUT2D eigenvalue weighted by Gasteiger charge is 2.07. The van der Waals surface area contributed by atoms with E-state index in [1.54, 1.807) is 6.07 Å². The Labute approximate surface area is 116 Å². The van der Waals surface area contributed by atoms with Gasteiger partial charge in [0.1, 0.15) is 17.5 Å². The quantitative estimate of drug-likeness (QED) is 0.877. The maximum atomic E-state index is 13.5. The molecule has 0 spiro atoms. The van der Waals surface area contributed by atoms with Crippen molar-refractivity contribution in [1.29, 1.82) is 0 Å². The van der Waals surface area contributed by atoms with Crippen LogP contribution in [-0.4, -0.2) is 6.04 Å². The van der Waals surface area contributed by atoms with Gasteiger partial charge < -0.3 is 5.32 Å². The van der Waals surface area contributed by atoms with Crippen molar-refractivity contribution in [3.63, 3.8) is 0 Å². The molecule has 0 bridgehead atoms. The SMILES string of the molecule is CC(Cc1cccc(F)c1)NCc1ccc(F)cc1F. The first-order valence-electron chi connectivity index (χ1n) is 6.46. The summed E-state index contributed by atoms with van der Waals surface area (Å²) in [5.41, 5.74) is 1.29. The number of nitrogens with one attached hydrogen (secondary N) is 1. The Morgan fingerprint density at radius 3 is 2.45 bits per heavy atom. The van der Waals surface area contributed by atoms with Crippen molar-refractivity contribution in [2.75, 3.05) is 0 Å². The average Bonchev–Trinajstić information content (AvgIpc) is 2.37. The molecular weight excluding hydrogens is 263 g/mol. The smallest absolute Gasteiger partial charge is 0.130 e. The normalized spacial score (nSPS) is 12.4. The molecule has 1 atom stereocenters. The summed E-state index contributed by atoms with van der Waals surface area (Å²) < 4.78 is 39.3. The van der Waals surface area contributed by atoms with Gasteiger partial charge in [-0.1, -0.05) is 18.2 Å². The van der Waals surface area contributed by atoms with Gasteiger partial charge in [0.2, 0.25) is 0 Å². The summed E-state index contributed by atoms with van der Waals surface area (Å²) in [5.74, 6) is -1.41. The molecule has 0 aromatic heterocycles. The fourth-order valence-corrected chi connectivity index (χ4v) is 2.04. The van der Waals surface area contributed by atoms with E-state index in [0.717, 1.165) is 11.6 Å². The maximum Gasteiger partial charge on any atom is 0.130 e. The number of hydrogen-bond donors (Lipinski definition) is 1. The van der Waals surface area contributed by atoms with Gasteiger partial charge in [0.25, 0.3) is 0 Å². The molecule has 0 aliphatic carbocycles. The Bertz CT molecular complexity index is 584. The first-order chi connectivity index (χ1) is 9.54. The first-order valence-corrected chi connectivity index (χ1v) is 6.46. The lowest BCUT2D eigenvalue weighted by molar-refractivity contribution is 0.518. The minimum absolute atomic E-state index is 0.0567. The predicted molar refractivity (Wildman–Crippen MR) is 72.8 cm³/mol. The molecule has 1 nitrogen and oxygen atoms in total. The molecule has 106 valence electrons. The van der Waals surface area contributed by atoms with Crippen LogP contribution >= 0.6 is 0 Å². The van der Waals surface area contributed by atoms with Gasteiger partial charge >= 0.3 is 0 Å². The second-order valence-corrected chi connectivity index (χ2v) is 4.85. The molecule has 0 saturated carbocycles. The van der Waals surface area contributed by atoms with E-state index in [1.165, 1.54) is 24.3 Å². The molecule has 2 aromatic carbocycles. The van der Waals surface area contributed by atoms with E-state index in [2.05, 4.69) is 5.32 Å². The highest BCUT2D eigenvalue weighted by Crippen LogP contribution is 2.10. The Morgan fingerprint density at radius 2 is 1.75 bits per heavy atom. The molecule has 2 rings (SSSR count). The van der Waals surface area contributed by atoms with E-state index in [9.17, 15) is 13.2 Å². The van der Waals surface area contributed by atoms with Crippen LogP contribution in [0, 0.1) is 17.5 Å². The van der Waals surface area contributed by atoms with Crippen LogP contribution < -0.4 is 5.32 Å². The number of rotatable bonds is 5. The Morgan fingerprint density at radius 1 is 1.00 bits per heavy atom. The minimum Gasteiger partial charge on any atom is -0.310 e. The van der Waals surface area contributed by atoms with Gasteiger partial charge in [0, 0.05) is 24.2 Å². The lowest BCUT2D eigenvalue weighted by Gasteiger charge is -2.14. The summed E-state index contributed by atoms with van der Waals surface area (Å²) in [5, 5.41) is 3.14. The summed E-state index contributed by atoms with van der Waals surface area (Å²) in [7, 11) is 0. The van der Waals surface area contributed by atoms with Gasteiger partial charge in [-0.15, -0.1) is 0 Å². The molecule has 0 aliphatic heterocycles. The molecular formula is C16H16F3N. The zero-order chi connectivity index (χ0) is 14.5. The van der Waals surface area contributed by atoms with Gasteiger partial charge in [-0.3, -0.25) is 0 Å². The van der Waals surface area contributed by atoms with Gasteiger partial charge in [-0.25, -0.2) is 13.2 Å². The molecule has 0 heterocycles. The molecule has 0 saturated heterocycles. The fourth-order valence-electron chi connectivity index (χ4n) is 2.04. The van der Waals surface area contributed by atoms with Crippen LogP contribution in [0.4, 0.5) is 13.2 Å². The molecule has 0 aliphatic rings. The molecule has 1 unspecified atom stereocenters. The standard InChI is InChI=1S/C16H16F3N/c1-11(7-12-3-2-4-14(17)8-12)20-10-13-5-6-15(18)9-16(13)19/h2-6,8-9,11,20H,7,10H2,1H3. The van der Waals surface area contributed by atoms with Crippen LogP contribution in [-0.2, 0) is 13.0 Å². The van der Waals surface area contributed by atoms with Crippen molar-refractivity contribution < 1.29 is 13.2 Å². The van der Waals surface area contributed by atoms with Crippen LogP contribution in [0.5, 0.6) is 0 Å². The van der Waals surface area contributed by atoms with Gasteiger partial charge in [0.15, 0.2) is 0 Å². The predicted octanol–water partition coefficient (Wildman–Crippen LogP) is 3.82. The molecule has 4 heteroatoms. The van der Waals surface area contributed by atoms with Crippen molar-refractivity contribution >= 4 is 0 Å². The largest absolute Gasteiger partial charge is 0.310 e. The molecule has 0 fully saturated rings. The Hall–Kier alpha value is -1.81. The third-order valence-corrected chi connectivity index (χ3v) is 3.09. The van der Waals surface area contributed by atoms with Crippen LogP contribution in [0.1, 0.15) is 18.1 Å². The molecule has 0 amide bonds.